The number of fused-ring (bicyclic) bond motifs is 1. The Kier molecular flexibility index (Phi) is 3.25. The van der Waals surface area contributed by atoms with E-state index in [0.29, 0.717) is 6.42 Å². The molecule has 2 nitrogen and oxygen atoms in total. The molecule has 1 aliphatic heterocycles. The number of aliphatic hydroxyl groups excluding tert-OH is 1. The molecule has 0 saturated heterocycles. The molecule has 1 N–H and O–H groups in total. The lowest BCUT2D eigenvalue weighted by Crippen LogP contribution is -2.20. The smallest absolute Gasteiger partial charge is 0.126 e. The summed E-state index contributed by atoms with van der Waals surface area (Å²) in [5, 5.41) is 9.13. The van der Waals surface area contributed by atoms with Crippen LogP contribution in [0.5, 0.6) is 0 Å². The summed E-state index contributed by atoms with van der Waals surface area (Å²) in [6.45, 7) is 6.57. The van der Waals surface area contributed by atoms with E-state index in [1.165, 1.54) is 11.1 Å². The molecule has 1 unspecified atom stereocenters. The summed E-state index contributed by atoms with van der Waals surface area (Å²) in [5.74, 6) is 0.995. The molecule has 2 rings (SSSR count). The Balaban J connectivity index is 2.41. The van der Waals surface area contributed by atoms with Gasteiger partial charge in [0.15, 0.2) is 0 Å². The van der Waals surface area contributed by atoms with Gasteiger partial charge in [-0.3, -0.25) is 0 Å². The van der Waals surface area contributed by atoms with Crippen LogP contribution < -0.4 is 0 Å². The Morgan fingerprint density at radius 1 is 1.24 bits per heavy atom. The van der Waals surface area contributed by atoms with Crippen molar-refractivity contribution < 1.29 is 9.84 Å². The van der Waals surface area contributed by atoms with Crippen LogP contribution in [0.4, 0.5) is 0 Å². The molecule has 17 heavy (non-hydrogen) atoms. The molecular formula is C15H20O2. The summed E-state index contributed by atoms with van der Waals surface area (Å²) < 4.78 is 6.02. The predicted molar refractivity (Wildman–Crippen MR) is 69.4 cm³/mol. The SMILES string of the molecule is CC(C)(C)C1=Cc2ccccc2C(CCO)O1. The maximum atomic E-state index is 9.13. The van der Waals surface area contributed by atoms with E-state index in [0.717, 1.165) is 5.76 Å². The van der Waals surface area contributed by atoms with Crippen LogP contribution >= 0.6 is 0 Å². The van der Waals surface area contributed by atoms with Crippen molar-refractivity contribution in [2.45, 2.75) is 33.3 Å². The Bertz CT molecular complexity index is 427. The maximum Gasteiger partial charge on any atom is 0.126 e. The molecule has 0 aromatic heterocycles. The molecule has 1 aliphatic rings. The van der Waals surface area contributed by atoms with Crippen molar-refractivity contribution in [3.63, 3.8) is 0 Å². The van der Waals surface area contributed by atoms with Crippen molar-refractivity contribution in [1.29, 1.82) is 0 Å². The molecule has 1 aromatic rings. The molecule has 0 aliphatic carbocycles. The highest BCUT2D eigenvalue weighted by molar-refractivity contribution is 5.59. The molecule has 0 spiro atoms. The van der Waals surface area contributed by atoms with Gasteiger partial charge in [-0.05, 0) is 17.2 Å². The molecule has 1 atom stereocenters. The highest BCUT2D eigenvalue weighted by Crippen LogP contribution is 2.39. The van der Waals surface area contributed by atoms with Gasteiger partial charge in [-0.15, -0.1) is 0 Å². The standard InChI is InChI=1S/C15H20O2/c1-15(2,3)14-10-11-6-4-5-7-12(11)13(17-14)8-9-16/h4-7,10,13,16H,8-9H2,1-3H3. The summed E-state index contributed by atoms with van der Waals surface area (Å²) in [4.78, 5) is 0. The van der Waals surface area contributed by atoms with Crippen molar-refractivity contribution in [3.05, 3.63) is 41.2 Å². The molecule has 0 saturated carbocycles. The summed E-state index contributed by atoms with van der Waals surface area (Å²) in [5.41, 5.74) is 2.39. The third-order valence-electron chi connectivity index (χ3n) is 3.03. The second-order valence-corrected chi connectivity index (χ2v) is 5.51. The molecule has 92 valence electrons. The predicted octanol–water partition coefficient (Wildman–Crippen LogP) is 3.53. The molecule has 0 radical (unpaired) electrons. The van der Waals surface area contributed by atoms with Crippen molar-refractivity contribution in [2.24, 2.45) is 5.41 Å². The Morgan fingerprint density at radius 3 is 2.59 bits per heavy atom. The van der Waals surface area contributed by atoms with Gasteiger partial charge in [-0.2, -0.15) is 0 Å². The number of allylic oxidation sites excluding steroid dienone is 1. The van der Waals surface area contributed by atoms with E-state index in [9.17, 15) is 0 Å². The zero-order valence-corrected chi connectivity index (χ0v) is 10.7. The molecule has 2 heteroatoms. The fourth-order valence-electron chi connectivity index (χ4n) is 2.05. The summed E-state index contributed by atoms with van der Waals surface area (Å²) in [6.07, 6.45) is 2.74. The normalized spacial score (nSPS) is 19.3. The average Bonchev–Trinajstić information content (AvgIpc) is 2.28. The molecule has 1 heterocycles. The third-order valence-corrected chi connectivity index (χ3v) is 3.03. The zero-order valence-electron chi connectivity index (χ0n) is 10.7. The Labute approximate surface area is 103 Å². The van der Waals surface area contributed by atoms with Crippen LogP contribution in [0.15, 0.2) is 30.0 Å². The Morgan fingerprint density at radius 2 is 1.94 bits per heavy atom. The van der Waals surface area contributed by atoms with Crippen LogP contribution in [0.25, 0.3) is 6.08 Å². The first-order valence-corrected chi connectivity index (χ1v) is 6.11. The average molecular weight is 232 g/mol. The van der Waals surface area contributed by atoms with E-state index >= 15 is 0 Å². The number of benzene rings is 1. The highest BCUT2D eigenvalue weighted by Gasteiger charge is 2.28. The first kappa shape index (κ1) is 12.2. The van der Waals surface area contributed by atoms with Crippen molar-refractivity contribution >= 4 is 6.08 Å². The van der Waals surface area contributed by atoms with Gasteiger partial charge in [0.2, 0.25) is 0 Å². The van der Waals surface area contributed by atoms with E-state index in [1.54, 1.807) is 0 Å². The van der Waals surface area contributed by atoms with Crippen molar-refractivity contribution in [3.8, 4) is 0 Å². The van der Waals surface area contributed by atoms with Gasteiger partial charge in [0, 0.05) is 18.4 Å². The largest absolute Gasteiger partial charge is 0.489 e. The van der Waals surface area contributed by atoms with E-state index in [-0.39, 0.29) is 18.1 Å². The summed E-state index contributed by atoms with van der Waals surface area (Å²) in [7, 11) is 0. The van der Waals surface area contributed by atoms with Crippen LogP contribution in [0.1, 0.15) is 44.4 Å². The van der Waals surface area contributed by atoms with E-state index in [1.807, 2.05) is 12.1 Å². The van der Waals surface area contributed by atoms with E-state index in [4.69, 9.17) is 9.84 Å². The second kappa shape index (κ2) is 4.53. The third kappa shape index (κ3) is 2.52. The van der Waals surface area contributed by atoms with Gasteiger partial charge in [0.05, 0.1) is 0 Å². The minimum atomic E-state index is -0.0181. The number of aliphatic hydroxyl groups is 1. The highest BCUT2D eigenvalue weighted by atomic mass is 16.5. The summed E-state index contributed by atoms with van der Waals surface area (Å²) >= 11 is 0. The van der Waals surface area contributed by atoms with Gasteiger partial charge < -0.3 is 9.84 Å². The second-order valence-electron chi connectivity index (χ2n) is 5.51. The number of ether oxygens (including phenoxy) is 1. The van der Waals surface area contributed by atoms with E-state index in [2.05, 4.69) is 39.0 Å². The monoisotopic (exact) mass is 232 g/mol. The summed E-state index contributed by atoms with van der Waals surface area (Å²) in [6, 6.07) is 8.24. The lowest BCUT2D eigenvalue weighted by molar-refractivity contribution is 0.0551. The van der Waals surface area contributed by atoms with E-state index < -0.39 is 0 Å². The minimum Gasteiger partial charge on any atom is -0.489 e. The molecule has 0 bridgehead atoms. The van der Waals surface area contributed by atoms with Gasteiger partial charge in [-0.1, -0.05) is 45.0 Å². The molecule has 1 aromatic carbocycles. The van der Waals surface area contributed by atoms with Crippen molar-refractivity contribution in [2.75, 3.05) is 6.61 Å². The first-order chi connectivity index (χ1) is 8.02. The number of hydrogen-bond acceptors (Lipinski definition) is 2. The van der Waals surface area contributed by atoms with Gasteiger partial charge in [-0.25, -0.2) is 0 Å². The maximum absolute atomic E-state index is 9.13. The van der Waals surface area contributed by atoms with Crippen molar-refractivity contribution in [1.82, 2.24) is 0 Å². The van der Waals surface area contributed by atoms with Gasteiger partial charge >= 0.3 is 0 Å². The van der Waals surface area contributed by atoms with Crippen LogP contribution in [0, 0.1) is 5.41 Å². The van der Waals surface area contributed by atoms with Gasteiger partial charge in [0.1, 0.15) is 11.9 Å². The Hall–Kier alpha value is -1.28. The fourth-order valence-corrected chi connectivity index (χ4v) is 2.05. The molecule has 0 amide bonds. The lowest BCUT2D eigenvalue weighted by atomic mass is 9.88. The minimum absolute atomic E-state index is 0.00123. The van der Waals surface area contributed by atoms with Crippen LogP contribution in [0.2, 0.25) is 0 Å². The van der Waals surface area contributed by atoms with Crippen LogP contribution in [0.3, 0.4) is 0 Å². The zero-order chi connectivity index (χ0) is 12.5. The topological polar surface area (TPSA) is 29.5 Å². The number of hydrogen-bond donors (Lipinski definition) is 1. The van der Waals surface area contributed by atoms with Crippen LogP contribution in [-0.4, -0.2) is 11.7 Å². The fraction of sp³-hybridized carbons (Fsp3) is 0.467. The number of rotatable bonds is 2. The van der Waals surface area contributed by atoms with Gasteiger partial charge in [0.25, 0.3) is 0 Å². The quantitative estimate of drug-likeness (QED) is 0.845. The molecule has 0 fully saturated rings. The van der Waals surface area contributed by atoms with Crippen LogP contribution in [-0.2, 0) is 4.74 Å². The lowest BCUT2D eigenvalue weighted by Gasteiger charge is -2.33. The first-order valence-electron chi connectivity index (χ1n) is 6.11. The molecular weight excluding hydrogens is 212 g/mol.